The smallest absolute Gasteiger partial charge is 0.191 e. The molecule has 0 radical (unpaired) electrons. The van der Waals surface area contributed by atoms with Crippen LogP contribution in [0.5, 0.6) is 5.75 Å². The molecule has 0 aliphatic heterocycles. The largest absolute Gasteiger partial charge is 0.497 e. The summed E-state index contributed by atoms with van der Waals surface area (Å²) in [6.45, 7) is 5.02. The van der Waals surface area contributed by atoms with Crippen molar-refractivity contribution < 1.29 is 4.74 Å². The molecule has 21 heavy (non-hydrogen) atoms. The first-order chi connectivity index (χ1) is 9.44. The summed E-state index contributed by atoms with van der Waals surface area (Å²) in [5, 5.41) is 0. The zero-order valence-electron chi connectivity index (χ0n) is 13.3. The number of nitrogens with zero attached hydrogens (tertiary/aromatic N) is 2. The summed E-state index contributed by atoms with van der Waals surface area (Å²) in [7, 11) is 3.71. The summed E-state index contributed by atoms with van der Waals surface area (Å²) in [5.41, 5.74) is 7.20. The quantitative estimate of drug-likeness (QED) is 0.467. The van der Waals surface area contributed by atoms with Crippen LogP contribution in [0.3, 0.4) is 0 Å². The second kappa shape index (κ2) is 7.33. The van der Waals surface area contributed by atoms with Gasteiger partial charge in [-0.15, -0.1) is 24.0 Å². The average Bonchev–Trinajstić information content (AvgIpc) is 3.28. The molecular weight excluding hydrogens is 377 g/mol. The Morgan fingerprint density at radius 2 is 2.10 bits per heavy atom. The lowest BCUT2D eigenvalue weighted by atomic mass is 9.85. The van der Waals surface area contributed by atoms with Crippen molar-refractivity contribution in [2.75, 3.05) is 20.7 Å². The lowest BCUT2D eigenvalue weighted by molar-refractivity contribution is 0.412. The molecule has 118 valence electrons. The molecule has 1 aliphatic carbocycles. The van der Waals surface area contributed by atoms with Crippen LogP contribution in [0.15, 0.2) is 29.3 Å². The van der Waals surface area contributed by atoms with Gasteiger partial charge in [-0.2, -0.15) is 0 Å². The van der Waals surface area contributed by atoms with E-state index in [9.17, 15) is 0 Å². The van der Waals surface area contributed by atoms with E-state index in [1.165, 1.54) is 18.4 Å². The number of hydrogen-bond donors (Lipinski definition) is 1. The zero-order chi connectivity index (χ0) is 14.8. The Kier molecular flexibility index (Phi) is 6.31. The van der Waals surface area contributed by atoms with E-state index in [0.29, 0.717) is 18.5 Å². The average molecular weight is 403 g/mol. The van der Waals surface area contributed by atoms with Gasteiger partial charge < -0.3 is 15.4 Å². The van der Waals surface area contributed by atoms with Crippen molar-refractivity contribution in [2.24, 2.45) is 10.7 Å². The van der Waals surface area contributed by atoms with Crippen molar-refractivity contribution in [1.82, 2.24) is 4.90 Å². The Morgan fingerprint density at radius 3 is 2.67 bits per heavy atom. The number of nitrogens with two attached hydrogens (primary N) is 1. The Labute approximate surface area is 144 Å². The van der Waals surface area contributed by atoms with Gasteiger partial charge in [0.1, 0.15) is 5.75 Å². The van der Waals surface area contributed by atoms with Gasteiger partial charge in [0.15, 0.2) is 5.96 Å². The summed E-state index contributed by atoms with van der Waals surface area (Å²) >= 11 is 0. The summed E-state index contributed by atoms with van der Waals surface area (Å²) in [6, 6.07) is 8.74. The predicted molar refractivity (Wildman–Crippen MR) is 98.7 cm³/mol. The van der Waals surface area contributed by atoms with Crippen molar-refractivity contribution in [3.63, 3.8) is 0 Å². The van der Waals surface area contributed by atoms with Gasteiger partial charge in [-0.25, -0.2) is 0 Å². The summed E-state index contributed by atoms with van der Waals surface area (Å²) in [4.78, 5) is 6.65. The van der Waals surface area contributed by atoms with Crippen LogP contribution in [-0.4, -0.2) is 37.6 Å². The SMILES string of the molecule is COc1cccc(C(C)(C)CN=C(N)N(C)C2CC2)c1.I. The number of benzene rings is 1. The fourth-order valence-electron chi connectivity index (χ4n) is 2.17. The number of hydrogen-bond acceptors (Lipinski definition) is 2. The molecule has 2 rings (SSSR count). The molecule has 1 aliphatic rings. The van der Waals surface area contributed by atoms with Crippen molar-refractivity contribution in [1.29, 1.82) is 0 Å². The lowest BCUT2D eigenvalue weighted by Crippen LogP contribution is -2.37. The minimum Gasteiger partial charge on any atom is -0.497 e. The molecule has 1 aromatic carbocycles. The summed E-state index contributed by atoms with van der Waals surface area (Å²) < 4.78 is 5.28. The third-order valence-electron chi connectivity index (χ3n) is 3.94. The molecule has 4 nitrogen and oxygen atoms in total. The lowest BCUT2D eigenvalue weighted by Gasteiger charge is -2.25. The maximum absolute atomic E-state index is 6.05. The van der Waals surface area contributed by atoms with Crippen LogP contribution in [0.2, 0.25) is 0 Å². The maximum Gasteiger partial charge on any atom is 0.191 e. The van der Waals surface area contributed by atoms with E-state index in [1.807, 2.05) is 19.2 Å². The number of methoxy groups -OCH3 is 1. The van der Waals surface area contributed by atoms with Crippen LogP contribution in [0, 0.1) is 0 Å². The van der Waals surface area contributed by atoms with Gasteiger partial charge in [0.25, 0.3) is 0 Å². The van der Waals surface area contributed by atoms with Gasteiger partial charge in [-0.05, 0) is 30.5 Å². The second-order valence-electron chi connectivity index (χ2n) is 6.13. The minimum absolute atomic E-state index is 0. The van der Waals surface area contributed by atoms with E-state index in [4.69, 9.17) is 10.5 Å². The van der Waals surface area contributed by atoms with Crippen LogP contribution in [0.25, 0.3) is 0 Å². The highest BCUT2D eigenvalue weighted by atomic mass is 127. The maximum atomic E-state index is 6.05. The van der Waals surface area contributed by atoms with Gasteiger partial charge in [0.05, 0.1) is 13.7 Å². The van der Waals surface area contributed by atoms with Crippen molar-refractivity contribution in [3.8, 4) is 5.75 Å². The zero-order valence-corrected chi connectivity index (χ0v) is 15.6. The highest BCUT2D eigenvalue weighted by Crippen LogP contribution is 2.28. The number of guanidine groups is 1. The number of ether oxygens (including phenoxy) is 1. The molecule has 1 fully saturated rings. The van der Waals surface area contributed by atoms with Crippen molar-refractivity contribution in [2.45, 2.75) is 38.1 Å². The van der Waals surface area contributed by atoms with Crippen molar-refractivity contribution >= 4 is 29.9 Å². The molecule has 0 saturated heterocycles. The molecule has 1 aromatic rings. The van der Waals surface area contributed by atoms with Gasteiger partial charge in [0, 0.05) is 18.5 Å². The molecule has 0 spiro atoms. The van der Waals surface area contributed by atoms with E-state index in [0.717, 1.165) is 5.75 Å². The third-order valence-corrected chi connectivity index (χ3v) is 3.94. The van der Waals surface area contributed by atoms with E-state index < -0.39 is 0 Å². The first-order valence-electron chi connectivity index (χ1n) is 7.11. The fourth-order valence-corrected chi connectivity index (χ4v) is 2.17. The summed E-state index contributed by atoms with van der Waals surface area (Å²) in [6.07, 6.45) is 2.46. The number of halogens is 1. The monoisotopic (exact) mass is 403 g/mol. The highest BCUT2D eigenvalue weighted by Gasteiger charge is 2.28. The summed E-state index contributed by atoms with van der Waals surface area (Å²) in [5.74, 6) is 1.52. The third kappa shape index (κ3) is 4.76. The van der Waals surface area contributed by atoms with Crippen molar-refractivity contribution in [3.05, 3.63) is 29.8 Å². The molecule has 1 saturated carbocycles. The topological polar surface area (TPSA) is 50.9 Å². The van der Waals surface area contributed by atoms with Crippen LogP contribution in [0.4, 0.5) is 0 Å². The minimum atomic E-state index is -0.0659. The fraction of sp³-hybridized carbons (Fsp3) is 0.562. The number of aliphatic imine (C=N–C) groups is 1. The molecule has 5 heteroatoms. The molecule has 0 bridgehead atoms. The molecule has 0 unspecified atom stereocenters. The Balaban J connectivity index is 0.00000220. The van der Waals surface area contributed by atoms with Crippen LogP contribution in [-0.2, 0) is 5.41 Å². The van der Waals surface area contributed by atoms with E-state index >= 15 is 0 Å². The first-order valence-corrected chi connectivity index (χ1v) is 7.11. The molecule has 0 aromatic heterocycles. The standard InChI is InChI=1S/C16H25N3O.HI/c1-16(2,12-6-5-7-14(10-12)20-4)11-18-15(17)19(3)13-8-9-13;/h5-7,10,13H,8-9,11H2,1-4H3,(H2,17,18);1H. The van der Waals surface area contributed by atoms with Crippen LogP contribution >= 0.6 is 24.0 Å². The van der Waals surface area contributed by atoms with E-state index in [-0.39, 0.29) is 29.4 Å². The number of rotatable bonds is 5. The molecule has 0 amide bonds. The predicted octanol–water partition coefficient (Wildman–Crippen LogP) is 3.00. The second-order valence-corrected chi connectivity index (χ2v) is 6.13. The van der Waals surface area contributed by atoms with Gasteiger partial charge >= 0.3 is 0 Å². The van der Waals surface area contributed by atoms with Gasteiger partial charge in [-0.3, -0.25) is 4.99 Å². The molecule has 2 N–H and O–H groups in total. The van der Waals surface area contributed by atoms with Crippen LogP contribution < -0.4 is 10.5 Å². The Morgan fingerprint density at radius 1 is 1.43 bits per heavy atom. The van der Waals surface area contributed by atoms with Gasteiger partial charge in [-0.1, -0.05) is 26.0 Å². The normalized spacial score (nSPS) is 15.3. The molecular formula is C16H26IN3O. The Hall–Kier alpha value is -0.980. The van der Waals surface area contributed by atoms with E-state index in [1.54, 1.807) is 7.11 Å². The highest BCUT2D eigenvalue weighted by molar-refractivity contribution is 14.0. The van der Waals surface area contributed by atoms with Gasteiger partial charge in [0.2, 0.25) is 0 Å². The van der Waals surface area contributed by atoms with E-state index in [2.05, 4.69) is 35.9 Å². The molecule has 0 atom stereocenters. The molecule has 0 heterocycles. The van der Waals surface area contributed by atoms with Crippen LogP contribution in [0.1, 0.15) is 32.3 Å². The Bertz CT molecular complexity index is 498. The first kappa shape index (κ1) is 18.1.